The van der Waals surface area contributed by atoms with E-state index in [0.29, 0.717) is 19.4 Å². The number of halogens is 1. The van der Waals surface area contributed by atoms with E-state index in [1.54, 1.807) is 0 Å². The van der Waals surface area contributed by atoms with E-state index < -0.39 is 21.9 Å². The van der Waals surface area contributed by atoms with E-state index >= 15 is 0 Å². The van der Waals surface area contributed by atoms with Crippen LogP contribution in [0.4, 0.5) is 4.39 Å². The van der Waals surface area contributed by atoms with E-state index in [1.807, 2.05) is 29.1 Å². The van der Waals surface area contributed by atoms with Gasteiger partial charge in [0.25, 0.3) is 0 Å². The topological polar surface area (TPSA) is 84.3 Å². The lowest BCUT2D eigenvalue weighted by Crippen LogP contribution is -2.47. The molecule has 0 spiro atoms. The molecule has 1 aliphatic heterocycles. The molecular formula is C25H27FN4O3S. The molecule has 178 valence electrons. The lowest BCUT2D eigenvalue weighted by atomic mass is 9.92. The summed E-state index contributed by atoms with van der Waals surface area (Å²) in [6.07, 6.45) is 5.48. The van der Waals surface area contributed by atoms with Crippen LogP contribution in [-0.4, -0.2) is 41.0 Å². The Morgan fingerprint density at radius 2 is 1.82 bits per heavy atom. The minimum atomic E-state index is -3.89. The van der Waals surface area contributed by atoms with Crippen LogP contribution in [0.2, 0.25) is 0 Å². The quantitative estimate of drug-likeness (QED) is 0.584. The number of rotatable bonds is 6. The molecule has 3 aromatic rings. The summed E-state index contributed by atoms with van der Waals surface area (Å²) in [6.45, 7) is 0.936. The lowest BCUT2D eigenvalue weighted by Gasteiger charge is -2.28. The van der Waals surface area contributed by atoms with Gasteiger partial charge in [-0.05, 0) is 61.9 Å². The standard InChI is InChI=1S/C25H27FN4O3S/c26-19-11-13-20(14-12-19)34(32,33)30-15-5-10-24(30)25(31)28-22-8-4-9-23-21(22)16-27-29(23)17-18-6-2-1-3-7-18/h1-3,6-7,11-14,16,22,24H,4-5,8-10,15,17H2,(H,28,31)/t22-,24-/m1/s1. The zero-order valence-electron chi connectivity index (χ0n) is 18.7. The Hall–Kier alpha value is -3.04. The first kappa shape index (κ1) is 22.7. The number of hydrogen-bond donors (Lipinski definition) is 1. The maximum absolute atomic E-state index is 13.3. The number of hydrogen-bond acceptors (Lipinski definition) is 4. The smallest absolute Gasteiger partial charge is 0.243 e. The van der Waals surface area contributed by atoms with Crippen molar-refractivity contribution in [1.29, 1.82) is 0 Å². The second-order valence-electron chi connectivity index (χ2n) is 8.87. The molecule has 2 aliphatic rings. The fourth-order valence-electron chi connectivity index (χ4n) is 4.96. The largest absolute Gasteiger partial charge is 0.348 e. The van der Waals surface area contributed by atoms with Crippen molar-refractivity contribution in [3.05, 3.63) is 83.4 Å². The number of nitrogens with zero attached hydrogens (tertiary/aromatic N) is 3. The normalized spacial score (nSPS) is 20.7. The predicted molar refractivity (Wildman–Crippen MR) is 125 cm³/mol. The highest BCUT2D eigenvalue weighted by Crippen LogP contribution is 2.32. The Morgan fingerprint density at radius 1 is 1.06 bits per heavy atom. The highest BCUT2D eigenvalue weighted by atomic mass is 32.2. The molecule has 1 amide bonds. The summed E-state index contributed by atoms with van der Waals surface area (Å²) in [4.78, 5) is 13.3. The molecule has 2 aromatic carbocycles. The van der Waals surface area contributed by atoms with E-state index in [0.717, 1.165) is 48.2 Å². The second kappa shape index (κ2) is 9.31. The van der Waals surface area contributed by atoms with Crippen LogP contribution in [0.15, 0.2) is 65.7 Å². The van der Waals surface area contributed by atoms with Crippen LogP contribution in [0.25, 0.3) is 0 Å². The van der Waals surface area contributed by atoms with Gasteiger partial charge in [0.05, 0.1) is 23.7 Å². The summed E-state index contributed by atoms with van der Waals surface area (Å²) in [5.41, 5.74) is 3.27. The van der Waals surface area contributed by atoms with Crippen LogP contribution in [-0.2, 0) is 27.8 Å². The number of fused-ring (bicyclic) bond motifs is 1. The van der Waals surface area contributed by atoms with E-state index in [-0.39, 0.29) is 23.4 Å². The summed E-state index contributed by atoms with van der Waals surface area (Å²) in [6, 6.07) is 13.9. The molecule has 7 nitrogen and oxygen atoms in total. The van der Waals surface area contributed by atoms with Gasteiger partial charge in [0, 0.05) is 17.8 Å². The summed E-state index contributed by atoms with van der Waals surface area (Å²) in [5.74, 6) is -0.799. The summed E-state index contributed by atoms with van der Waals surface area (Å²) < 4.78 is 42.8. The van der Waals surface area contributed by atoms with E-state index in [4.69, 9.17) is 0 Å². The van der Waals surface area contributed by atoms with Crippen molar-refractivity contribution >= 4 is 15.9 Å². The average molecular weight is 483 g/mol. The van der Waals surface area contributed by atoms with Crippen LogP contribution in [0.5, 0.6) is 0 Å². The third-order valence-electron chi connectivity index (χ3n) is 6.68. The van der Waals surface area contributed by atoms with Gasteiger partial charge < -0.3 is 5.32 Å². The molecule has 5 rings (SSSR count). The molecule has 9 heteroatoms. The van der Waals surface area contributed by atoms with Gasteiger partial charge in [-0.15, -0.1) is 0 Å². The molecule has 0 saturated carbocycles. The van der Waals surface area contributed by atoms with Gasteiger partial charge in [0.1, 0.15) is 11.9 Å². The summed E-state index contributed by atoms with van der Waals surface area (Å²) in [5, 5.41) is 7.68. The highest BCUT2D eigenvalue weighted by molar-refractivity contribution is 7.89. The van der Waals surface area contributed by atoms with Crippen LogP contribution in [0, 0.1) is 5.82 Å². The molecular weight excluding hydrogens is 455 g/mol. The van der Waals surface area contributed by atoms with Crippen molar-refractivity contribution < 1.29 is 17.6 Å². The second-order valence-corrected chi connectivity index (χ2v) is 10.8. The Kier molecular flexibility index (Phi) is 6.22. The number of nitrogens with one attached hydrogen (secondary N) is 1. The fraction of sp³-hybridized carbons (Fsp3) is 0.360. The van der Waals surface area contributed by atoms with Crippen molar-refractivity contribution in [1.82, 2.24) is 19.4 Å². The van der Waals surface area contributed by atoms with E-state index in [9.17, 15) is 17.6 Å². The van der Waals surface area contributed by atoms with Crippen molar-refractivity contribution in [3.8, 4) is 0 Å². The van der Waals surface area contributed by atoms with Gasteiger partial charge in [-0.1, -0.05) is 30.3 Å². The molecule has 1 aliphatic carbocycles. The fourth-order valence-corrected chi connectivity index (χ4v) is 6.62. The predicted octanol–water partition coefficient (Wildman–Crippen LogP) is 3.42. The average Bonchev–Trinajstić information content (AvgIpc) is 3.49. The molecule has 0 unspecified atom stereocenters. The number of aromatic nitrogens is 2. The SMILES string of the molecule is O=C(N[C@@H]1CCCc2c1cnn2Cc1ccccc1)[C@H]1CCCN1S(=O)(=O)c1ccc(F)cc1. The van der Waals surface area contributed by atoms with Gasteiger partial charge >= 0.3 is 0 Å². The van der Waals surface area contributed by atoms with Crippen LogP contribution in [0.3, 0.4) is 0 Å². The molecule has 1 aromatic heterocycles. The first-order valence-corrected chi connectivity index (χ1v) is 13.0. The van der Waals surface area contributed by atoms with E-state index in [1.165, 1.54) is 16.4 Å². The number of benzene rings is 2. The Bertz CT molecular complexity index is 1280. The van der Waals surface area contributed by atoms with Crippen LogP contribution in [0.1, 0.15) is 48.5 Å². The summed E-state index contributed by atoms with van der Waals surface area (Å²) >= 11 is 0. The molecule has 1 saturated heterocycles. The third-order valence-corrected chi connectivity index (χ3v) is 8.60. The lowest BCUT2D eigenvalue weighted by molar-refractivity contribution is -0.125. The van der Waals surface area contributed by atoms with Crippen molar-refractivity contribution in [2.45, 2.75) is 55.6 Å². The molecule has 34 heavy (non-hydrogen) atoms. The molecule has 0 radical (unpaired) electrons. The number of sulfonamides is 1. The number of carbonyl (C=O) groups excluding carboxylic acids is 1. The van der Waals surface area contributed by atoms with Gasteiger partial charge in [-0.3, -0.25) is 9.48 Å². The first-order valence-electron chi connectivity index (χ1n) is 11.6. The molecule has 2 atom stereocenters. The minimum Gasteiger partial charge on any atom is -0.348 e. The Labute approximate surface area is 198 Å². The first-order chi connectivity index (χ1) is 16.4. The maximum atomic E-state index is 13.3. The zero-order valence-corrected chi connectivity index (χ0v) is 19.5. The van der Waals surface area contributed by atoms with Gasteiger partial charge in [0.15, 0.2) is 0 Å². The maximum Gasteiger partial charge on any atom is 0.243 e. The molecule has 2 heterocycles. The van der Waals surface area contributed by atoms with E-state index in [2.05, 4.69) is 22.5 Å². The number of carbonyl (C=O) groups is 1. The minimum absolute atomic E-state index is 0.00394. The van der Waals surface area contributed by atoms with Crippen LogP contribution < -0.4 is 5.32 Å². The Balaban J connectivity index is 1.32. The van der Waals surface area contributed by atoms with Gasteiger partial charge in [0.2, 0.25) is 15.9 Å². The van der Waals surface area contributed by atoms with Gasteiger partial charge in [-0.2, -0.15) is 9.40 Å². The monoisotopic (exact) mass is 482 g/mol. The molecule has 0 bridgehead atoms. The van der Waals surface area contributed by atoms with Crippen molar-refractivity contribution in [3.63, 3.8) is 0 Å². The number of amides is 1. The van der Waals surface area contributed by atoms with Crippen LogP contribution >= 0.6 is 0 Å². The molecule has 1 fully saturated rings. The zero-order chi connectivity index (χ0) is 23.7. The van der Waals surface area contributed by atoms with Crippen molar-refractivity contribution in [2.75, 3.05) is 6.54 Å². The van der Waals surface area contributed by atoms with Crippen molar-refractivity contribution in [2.24, 2.45) is 0 Å². The van der Waals surface area contributed by atoms with Gasteiger partial charge in [-0.25, -0.2) is 12.8 Å². The highest BCUT2D eigenvalue weighted by Gasteiger charge is 2.40. The third kappa shape index (κ3) is 4.37. The molecule has 1 N–H and O–H groups in total. The Morgan fingerprint density at radius 3 is 2.59 bits per heavy atom. The summed E-state index contributed by atoms with van der Waals surface area (Å²) in [7, 11) is -3.89.